The maximum atomic E-state index is 13.4. The standard InChI is InChI=1S/C13H14FNO2/c1-9-2-3-11(14)12(6-9)17-8-10-4-5-16-13(10)7-15/h2-6H,7-8,15H2,1H3. The Kier molecular flexibility index (Phi) is 3.44. The molecular weight excluding hydrogens is 221 g/mol. The Morgan fingerprint density at radius 2 is 2.18 bits per heavy atom. The lowest BCUT2D eigenvalue weighted by Crippen LogP contribution is -2.02. The number of furan rings is 1. The molecule has 0 radical (unpaired) electrons. The third-order valence-electron chi connectivity index (χ3n) is 2.49. The van der Waals surface area contributed by atoms with Crippen molar-refractivity contribution in [1.29, 1.82) is 0 Å². The summed E-state index contributed by atoms with van der Waals surface area (Å²) in [7, 11) is 0. The van der Waals surface area contributed by atoms with Gasteiger partial charge in [0.05, 0.1) is 12.8 Å². The van der Waals surface area contributed by atoms with Crippen molar-refractivity contribution in [2.45, 2.75) is 20.1 Å². The van der Waals surface area contributed by atoms with Crippen molar-refractivity contribution >= 4 is 0 Å². The summed E-state index contributed by atoms with van der Waals surface area (Å²) < 4.78 is 24.0. The zero-order valence-electron chi connectivity index (χ0n) is 9.57. The molecule has 0 aliphatic heterocycles. The number of nitrogens with two attached hydrogens (primary N) is 1. The van der Waals surface area contributed by atoms with E-state index in [2.05, 4.69) is 0 Å². The number of ether oxygens (including phenoxy) is 1. The van der Waals surface area contributed by atoms with Crippen LogP contribution >= 0.6 is 0 Å². The van der Waals surface area contributed by atoms with Gasteiger partial charge in [0.2, 0.25) is 0 Å². The molecule has 0 aliphatic carbocycles. The van der Waals surface area contributed by atoms with E-state index in [1.165, 1.54) is 6.07 Å². The first kappa shape index (κ1) is 11.7. The zero-order valence-corrected chi connectivity index (χ0v) is 9.57. The lowest BCUT2D eigenvalue weighted by molar-refractivity contribution is 0.286. The van der Waals surface area contributed by atoms with Crippen LogP contribution in [0.15, 0.2) is 34.9 Å². The first-order chi connectivity index (χ1) is 8.20. The normalized spacial score (nSPS) is 10.5. The average Bonchev–Trinajstić information content (AvgIpc) is 2.77. The molecule has 4 heteroatoms. The zero-order chi connectivity index (χ0) is 12.3. The van der Waals surface area contributed by atoms with Crippen LogP contribution in [0.2, 0.25) is 0 Å². The Hall–Kier alpha value is -1.81. The minimum atomic E-state index is -0.367. The van der Waals surface area contributed by atoms with E-state index >= 15 is 0 Å². The van der Waals surface area contributed by atoms with Gasteiger partial charge in [0.15, 0.2) is 11.6 Å². The largest absolute Gasteiger partial charge is 0.486 e. The number of benzene rings is 1. The van der Waals surface area contributed by atoms with Crippen LogP contribution in [0.1, 0.15) is 16.9 Å². The molecule has 0 bridgehead atoms. The molecule has 0 atom stereocenters. The Morgan fingerprint density at radius 3 is 2.94 bits per heavy atom. The third kappa shape index (κ3) is 2.65. The van der Waals surface area contributed by atoms with Gasteiger partial charge < -0.3 is 14.9 Å². The smallest absolute Gasteiger partial charge is 0.165 e. The maximum absolute atomic E-state index is 13.4. The van der Waals surface area contributed by atoms with E-state index in [0.717, 1.165) is 11.1 Å². The van der Waals surface area contributed by atoms with Crippen molar-refractivity contribution in [1.82, 2.24) is 0 Å². The maximum Gasteiger partial charge on any atom is 0.165 e. The molecule has 90 valence electrons. The van der Waals surface area contributed by atoms with E-state index in [1.807, 2.05) is 6.92 Å². The molecule has 0 amide bonds. The highest BCUT2D eigenvalue weighted by molar-refractivity contribution is 5.30. The van der Waals surface area contributed by atoms with Crippen LogP contribution in [-0.4, -0.2) is 0 Å². The summed E-state index contributed by atoms with van der Waals surface area (Å²) in [5.41, 5.74) is 7.29. The summed E-state index contributed by atoms with van der Waals surface area (Å²) in [6.07, 6.45) is 1.55. The molecule has 0 saturated heterocycles. The molecule has 1 aromatic heterocycles. The highest BCUT2D eigenvalue weighted by atomic mass is 19.1. The van der Waals surface area contributed by atoms with Crippen LogP contribution in [-0.2, 0) is 13.2 Å². The van der Waals surface area contributed by atoms with Gasteiger partial charge in [0.25, 0.3) is 0 Å². The molecule has 2 aromatic rings. The molecule has 0 unspecified atom stereocenters. The second-order valence-corrected chi connectivity index (χ2v) is 3.80. The van der Waals surface area contributed by atoms with Gasteiger partial charge in [-0.3, -0.25) is 0 Å². The fourth-order valence-electron chi connectivity index (χ4n) is 1.55. The average molecular weight is 235 g/mol. The summed E-state index contributed by atoms with van der Waals surface area (Å²) in [6, 6.07) is 6.53. The number of rotatable bonds is 4. The molecule has 2 N–H and O–H groups in total. The minimum absolute atomic E-state index is 0.245. The lowest BCUT2D eigenvalue weighted by atomic mass is 10.2. The molecule has 17 heavy (non-hydrogen) atoms. The Morgan fingerprint density at radius 1 is 1.35 bits per heavy atom. The van der Waals surface area contributed by atoms with E-state index in [9.17, 15) is 4.39 Å². The Bertz CT molecular complexity index is 508. The van der Waals surface area contributed by atoms with Crippen LogP contribution in [0, 0.1) is 12.7 Å². The first-order valence-corrected chi connectivity index (χ1v) is 5.35. The summed E-state index contributed by atoms with van der Waals surface area (Å²) in [6.45, 7) is 2.45. The van der Waals surface area contributed by atoms with Crippen LogP contribution in [0.25, 0.3) is 0 Å². The Balaban J connectivity index is 2.09. The van der Waals surface area contributed by atoms with Crippen LogP contribution < -0.4 is 10.5 Å². The molecule has 0 spiro atoms. The lowest BCUT2D eigenvalue weighted by Gasteiger charge is -2.07. The van der Waals surface area contributed by atoms with Gasteiger partial charge in [-0.2, -0.15) is 0 Å². The van der Waals surface area contributed by atoms with Crippen molar-refractivity contribution in [3.05, 3.63) is 53.2 Å². The van der Waals surface area contributed by atoms with Gasteiger partial charge in [0.1, 0.15) is 12.4 Å². The molecule has 3 nitrogen and oxygen atoms in total. The molecule has 0 aliphatic rings. The van der Waals surface area contributed by atoms with Gasteiger partial charge in [-0.1, -0.05) is 6.07 Å². The van der Waals surface area contributed by atoms with Gasteiger partial charge in [-0.25, -0.2) is 4.39 Å². The number of hydrogen-bond acceptors (Lipinski definition) is 3. The molecule has 0 saturated carbocycles. The predicted octanol–water partition coefficient (Wildman–Crippen LogP) is 2.76. The molecule has 0 fully saturated rings. The summed E-state index contributed by atoms with van der Waals surface area (Å²) >= 11 is 0. The highest BCUT2D eigenvalue weighted by Crippen LogP contribution is 2.20. The van der Waals surface area contributed by atoms with Crippen LogP contribution in [0.5, 0.6) is 5.75 Å². The van der Waals surface area contributed by atoms with Crippen LogP contribution in [0.3, 0.4) is 0 Å². The second kappa shape index (κ2) is 5.01. The fraction of sp³-hybridized carbons (Fsp3) is 0.231. The summed E-state index contributed by atoms with van der Waals surface area (Å²) in [5.74, 6) is 0.542. The quantitative estimate of drug-likeness (QED) is 0.886. The topological polar surface area (TPSA) is 48.4 Å². The fourth-order valence-corrected chi connectivity index (χ4v) is 1.55. The van der Waals surface area contributed by atoms with Crippen molar-refractivity contribution in [2.24, 2.45) is 5.73 Å². The van der Waals surface area contributed by atoms with E-state index in [1.54, 1.807) is 24.5 Å². The molecule has 2 rings (SSSR count). The van der Waals surface area contributed by atoms with Crippen molar-refractivity contribution in [3.8, 4) is 5.75 Å². The van der Waals surface area contributed by atoms with Gasteiger partial charge in [-0.15, -0.1) is 0 Å². The van der Waals surface area contributed by atoms with Gasteiger partial charge >= 0.3 is 0 Å². The monoisotopic (exact) mass is 235 g/mol. The van der Waals surface area contributed by atoms with Gasteiger partial charge in [0, 0.05) is 5.56 Å². The predicted molar refractivity (Wildman–Crippen MR) is 62.1 cm³/mol. The van der Waals surface area contributed by atoms with Crippen molar-refractivity contribution < 1.29 is 13.5 Å². The molecule has 1 aromatic carbocycles. The SMILES string of the molecule is Cc1ccc(F)c(OCc2ccoc2CN)c1. The van der Waals surface area contributed by atoms with Crippen LogP contribution in [0.4, 0.5) is 4.39 Å². The molecule has 1 heterocycles. The number of aryl methyl sites for hydroxylation is 1. The number of halogens is 1. The third-order valence-corrected chi connectivity index (χ3v) is 2.49. The first-order valence-electron chi connectivity index (χ1n) is 5.35. The van der Waals surface area contributed by atoms with E-state index < -0.39 is 0 Å². The minimum Gasteiger partial charge on any atom is -0.486 e. The van der Waals surface area contributed by atoms with E-state index in [-0.39, 0.29) is 18.2 Å². The van der Waals surface area contributed by atoms with Crippen molar-refractivity contribution in [2.75, 3.05) is 0 Å². The number of hydrogen-bond donors (Lipinski definition) is 1. The van der Waals surface area contributed by atoms with E-state index in [4.69, 9.17) is 14.9 Å². The second-order valence-electron chi connectivity index (χ2n) is 3.80. The highest BCUT2D eigenvalue weighted by Gasteiger charge is 2.08. The van der Waals surface area contributed by atoms with Gasteiger partial charge in [-0.05, 0) is 30.7 Å². The summed E-state index contributed by atoms with van der Waals surface area (Å²) in [4.78, 5) is 0. The van der Waals surface area contributed by atoms with Crippen molar-refractivity contribution in [3.63, 3.8) is 0 Å². The molecular formula is C13H14FNO2. The van der Waals surface area contributed by atoms with E-state index in [0.29, 0.717) is 12.3 Å². The summed E-state index contributed by atoms with van der Waals surface area (Å²) in [5, 5.41) is 0. The Labute approximate surface area is 99.0 Å².